The Bertz CT molecular complexity index is 1020. The zero-order valence-corrected chi connectivity index (χ0v) is 14.7. The first-order valence-electron chi connectivity index (χ1n) is 8.65. The molecular formula is C21H19N3O2. The molecule has 26 heavy (non-hydrogen) atoms. The van der Waals surface area contributed by atoms with Crippen molar-refractivity contribution in [3.63, 3.8) is 0 Å². The molecule has 1 saturated heterocycles. The molecule has 1 heterocycles. The van der Waals surface area contributed by atoms with Crippen molar-refractivity contribution in [3.8, 4) is 0 Å². The summed E-state index contributed by atoms with van der Waals surface area (Å²) in [5.74, 6) is -0.328. The highest BCUT2D eigenvalue weighted by molar-refractivity contribution is 6.14. The number of carbonyl (C=O) groups is 2. The first-order chi connectivity index (χ1) is 12.5. The van der Waals surface area contributed by atoms with Gasteiger partial charge in [-0.25, -0.2) is 4.79 Å². The van der Waals surface area contributed by atoms with Gasteiger partial charge in [-0.05, 0) is 41.0 Å². The maximum Gasteiger partial charge on any atom is 0.346 e. The number of hydrogen-bond donors (Lipinski definition) is 1. The summed E-state index contributed by atoms with van der Waals surface area (Å²) in [7, 11) is 0. The summed E-state index contributed by atoms with van der Waals surface area (Å²) in [6, 6.07) is 17.7. The molecule has 4 rings (SSSR count). The van der Waals surface area contributed by atoms with Crippen molar-refractivity contribution in [1.29, 1.82) is 0 Å². The Kier molecular flexibility index (Phi) is 3.72. The van der Waals surface area contributed by atoms with Crippen LogP contribution in [-0.2, 0) is 4.79 Å². The third-order valence-corrected chi connectivity index (χ3v) is 5.06. The lowest BCUT2D eigenvalue weighted by Crippen LogP contribution is -2.42. The second-order valence-electron chi connectivity index (χ2n) is 6.71. The number of nitrogens with one attached hydrogen (secondary N) is 1. The quantitative estimate of drug-likeness (QED) is 0.442. The molecule has 0 radical (unpaired) electrons. The highest BCUT2D eigenvalue weighted by Crippen LogP contribution is 2.28. The van der Waals surface area contributed by atoms with E-state index in [-0.39, 0.29) is 5.91 Å². The summed E-state index contributed by atoms with van der Waals surface area (Å²) >= 11 is 0. The van der Waals surface area contributed by atoms with E-state index in [0.717, 1.165) is 32.1 Å². The Labute approximate surface area is 151 Å². The van der Waals surface area contributed by atoms with Gasteiger partial charge in [0.15, 0.2) is 0 Å². The number of amides is 3. The number of imide groups is 1. The summed E-state index contributed by atoms with van der Waals surface area (Å²) in [6.07, 6.45) is 2.13. The van der Waals surface area contributed by atoms with Gasteiger partial charge >= 0.3 is 6.03 Å². The van der Waals surface area contributed by atoms with Crippen LogP contribution in [0.4, 0.5) is 4.79 Å². The highest BCUT2D eigenvalue weighted by atomic mass is 16.2. The van der Waals surface area contributed by atoms with Gasteiger partial charge in [-0.2, -0.15) is 5.10 Å². The van der Waals surface area contributed by atoms with Crippen LogP contribution in [-0.4, -0.2) is 28.7 Å². The van der Waals surface area contributed by atoms with E-state index in [0.29, 0.717) is 6.42 Å². The Balaban J connectivity index is 1.85. The van der Waals surface area contributed by atoms with Gasteiger partial charge in [0.1, 0.15) is 5.54 Å². The number of hydrazone groups is 1. The third kappa shape index (κ3) is 2.44. The maximum atomic E-state index is 12.5. The fourth-order valence-corrected chi connectivity index (χ4v) is 3.32. The van der Waals surface area contributed by atoms with E-state index in [4.69, 9.17) is 0 Å². The Hall–Kier alpha value is -3.21. The van der Waals surface area contributed by atoms with Crippen LogP contribution >= 0.6 is 0 Å². The number of nitrogens with zero attached hydrogens (tertiary/aromatic N) is 2. The van der Waals surface area contributed by atoms with E-state index in [1.54, 1.807) is 13.1 Å². The standard InChI is InChI=1S/C21H19N3O2/c1-3-21(2)19(25)24(20(26)23-21)22-13-18-16-10-6-4-8-14(16)12-15-9-5-7-11-17(15)18/h4-13H,3H2,1-2H3,(H,23,26)/b22-13-/t21-/m1/s1. The minimum absolute atomic E-state index is 0.328. The van der Waals surface area contributed by atoms with Gasteiger partial charge in [0, 0.05) is 5.56 Å². The van der Waals surface area contributed by atoms with E-state index < -0.39 is 11.6 Å². The van der Waals surface area contributed by atoms with Gasteiger partial charge in [0.05, 0.1) is 6.21 Å². The highest BCUT2D eigenvalue weighted by Gasteiger charge is 2.46. The minimum atomic E-state index is -0.894. The van der Waals surface area contributed by atoms with Crippen molar-refractivity contribution < 1.29 is 9.59 Å². The number of carbonyl (C=O) groups excluding carboxylic acids is 2. The Morgan fingerprint density at radius 1 is 1.04 bits per heavy atom. The van der Waals surface area contributed by atoms with E-state index >= 15 is 0 Å². The molecule has 130 valence electrons. The molecule has 3 aromatic rings. The SMILES string of the molecule is CC[C@@]1(C)NC(=O)N(/N=C\c2c3ccccc3cc3ccccc23)C1=O. The zero-order chi connectivity index (χ0) is 18.3. The molecule has 1 N–H and O–H groups in total. The van der Waals surface area contributed by atoms with Crippen LogP contribution in [0.2, 0.25) is 0 Å². The fourth-order valence-electron chi connectivity index (χ4n) is 3.32. The average Bonchev–Trinajstić information content (AvgIpc) is 2.88. The molecule has 0 bridgehead atoms. The first-order valence-corrected chi connectivity index (χ1v) is 8.65. The van der Waals surface area contributed by atoms with Gasteiger partial charge < -0.3 is 5.32 Å². The van der Waals surface area contributed by atoms with Crippen LogP contribution in [0.1, 0.15) is 25.8 Å². The molecule has 5 heteroatoms. The number of fused-ring (bicyclic) bond motifs is 2. The maximum absolute atomic E-state index is 12.5. The predicted molar refractivity (Wildman–Crippen MR) is 103 cm³/mol. The molecule has 0 saturated carbocycles. The molecule has 0 spiro atoms. The smallest absolute Gasteiger partial charge is 0.322 e. The molecule has 3 amide bonds. The summed E-state index contributed by atoms with van der Waals surface area (Å²) in [5.41, 5.74) is -0.000640. The third-order valence-electron chi connectivity index (χ3n) is 5.06. The van der Waals surface area contributed by atoms with E-state index in [9.17, 15) is 9.59 Å². The monoisotopic (exact) mass is 345 g/mol. The zero-order valence-electron chi connectivity index (χ0n) is 14.7. The molecule has 1 aliphatic rings. The number of hydrogen-bond acceptors (Lipinski definition) is 3. The van der Waals surface area contributed by atoms with Crippen LogP contribution in [0.5, 0.6) is 0 Å². The summed E-state index contributed by atoms with van der Waals surface area (Å²) in [6.45, 7) is 3.58. The van der Waals surface area contributed by atoms with E-state index in [2.05, 4.69) is 16.5 Å². The van der Waals surface area contributed by atoms with Crippen molar-refractivity contribution in [2.24, 2.45) is 5.10 Å². The van der Waals surface area contributed by atoms with Crippen molar-refractivity contribution in [2.45, 2.75) is 25.8 Å². The second-order valence-corrected chi connectivity index (χ2v) is 6.71. The second kappa shape index (κ2) is 5.95. The minimum Gasteiger partial charge on any atom is -0.322 e. The van der Waals surface area contributed by atoms with Crippen molar-refractivity contribution in [1.82, 2.24) is 10.3 Å². The van der Waals surface area contributed by atoms with Crippen molar-refractivity contribution in [2.75, 3.05) is 0 Å². The molecule has 1 fully saturated rings. The topological polar surface area (TPSA) is 61.8 Å². The summed E-state index contributed by atoms with van der Waals surface area (Å²) in [4.78, 5) is 24.7. The molecule has 0 aliphatic carbocycles. The lowest BCUT2D eigenvalue weighted by molar-refractivity contribution is -0.130. The lowest BCUT2D eigenvalue weighted by Gasteiger charge is -2.17. The number of rotatable bonds is 3. The normalized spacial score (nSPS) is 20.5. The van der Waals surface area contributed by atoms with Gasteiger partial charge in [-0.15, -0.1) is 5.01 Å². The van der Waals surface area contributed by atoms with E-state index in [1.165, 1.54) is 0 Å². The molecular weight excluding hydrogens is 326 g/mol. The molecule has 3 aromatic carbocycles. The van der Waals surface area contributed by atoms with Crippen LogP contribution < -0.4 is 5.32 Å². The molecule has 1 aliphatic heterocycles. The molecule has 0 unspecified atom stereocenters. The van der Waals surface area contributed by atoms with Crippen molar-refractivity contribution >= 4 is 39.7 Å². The van der Waals surface area contributed by atoms with Crippen molar-refractivity contribution in [3.05, 3.63) is 60.2 Å². The summed E-state index contributed by atoms with van der Waals surface area (Å²) in [5, 5.41) is 12.1. The summed E-state index contributed by atoms with van der Waals surface area (Å²) < 4.78 is 0. The first kappa shape index (κ1) is 16.3. The number of urea groups is 1. The van der Waals surface area contributed by atoms with Gasteiger partial charge in [-0.1, -0.05) is 55.5 Å². The van der Waals surface area contributed by atoms with E-state index in [1.807, 2.05) is 55.5 Å². The Morgan fingerprint density at radius 2 is 1.62 bits per heavy atom. The fraction of sp³-hybridized carbons (Fsp3) is 0.190. The average molecular weight is 345 g/mol. The molecule has 0 aromatic heterocycles. The largest absolute Gasteiger partial charge is 0.346 e. The predicted octanol–water partition coefficient (Wildman–Crippen LogP) is 4.05. The van der Waals surface area contributed by atoms with Gasteiger partial charge in [0.25, 0.3) is 5.91 Å². The van der Waals surface area contributed by atoms with Gasteiger partial charge in [-0.3, -0.25) is 4.79 Å². The van der Waals surface area contributed by atoms with Crippen LogP contribution in [0.3, 0.4) is 0 Å². The van der Waals surface area contributed by atoms with Crippen LogP contribution in [0.25, 0.3) is 21.5 Å². The van der Waals surface area contributed by atoms with Crippen LogP contribution in [0.15, 0.2) is 59.7 Å². The van der Waals surface area contributed by atoms with Gasteiger partial charge in [0.2, 0.25) is 0 Å². The number of benzene rings is 3. The Morgan fingerprint density at radius 3 is 2.15 bits per heavy atom. The lowest BCUT2D eigenvalue weighted by atomic mass is 9.97. The molecule has 1 atom stereocenters. The molecule has 5 nitrogen and oxygen atoms in total. The van der Waals surface area contributed by atoms with Crippen LogP contribution in [0, 0.1) is 0 Å².